The number of hydrogen-bond acceptors (Lipinski definition) is 3. The summed E-state index contributed by atoms with van der Waals surface area (Å²) in [5.74, 6) is 0.0405. The molecule has 0 aromatic carbocycles. The molecule has 0 rings (SSSR count). The van der Waals surface area contributed by atoms with Gasteiger partial charge in [-0.15, -0.1) is 0 Å². The van der Waals surface area contributed by atoms with E-state index in [0.717, 1.165) is 6.42 Å². The van der Waals surface area contributed by atoms with Gasteiger partial charge in [0.1, 0.15) is 0 Å². The first kappa shape index (κ1) is 11.4. The lowest BCUT2D eigenvalue weighted by atomic mass is 10.2. The van der Waals surface area contributed by atoms with Crippen LogP contribution >= 0.6 is 0 Å². The first-order chi connectivity index (χ1) is 5.70. The van der Waals surface area contributed by atoms with Crippen LogP contribution in [-0.4, -0.2) is 37.3 Å². The lowest BCUT2D eigenvalue weighted by molar-refractivity contribution is -0.120. The predicted octanol–water partition coefficient (Wildman–Crippen LogP) is -0.517. The van der Waals surface area contributed by atoms with Crippen molar-refractivity contribution in [1.82, 2.24) is 10.6 Å². The van der Waals surface area contributed by atoms with Crippen molar-refractivity contribution in [3.8, 4) is 0 Å². The summed E-state index contributed by atoms with van der Waals surface area (Å²) in [6, 6.07) is 0.277. The Morgan fingerprint density at radius 2 is 2.25 bits per heavy atom. The fourth-order valence-electron chi connectivity index (χ4n) is 0.853. The van der Waals surface area contributed by atoms with Crippen LogP contribution < -0.4 is 10.6 Å². The molecular formula is C8H18N2O2. The minimum Gasteiger partial charge on any atom is -0.396 e. The summed E-state index contributed by atoms with van der Waals surface area (Å²) in [6.45, 7) is 2.84. The second kappa shape index (κ2) is 7.06. The fourth-order valence-corrected chi connectivity index (χ4v) is 0.853. The van der Waals surface area contributed by atoms with Crippen molar-refractivity contribution in [2.75, 3.05) is 20.2 Å². The maximum Gasteiger partial charge on any atom is 0.221 e. The Hall–Kier alpha value is -0.610. The predicted molar refractivity (Wildman–Crippen MR) is 47.9 cm³/mol. The van der Waals surface area contributed by atoms with Crippen LogP contribution in [0, 0.1) is 0 Å². The van der Waals surface area contributed by atoms with Crippen LogP contribution in [0.3, 0.4) is 0 Å². The van der Waals surface area contributed by atoms with Crippen molar-refractivity contribution in [1.29, 1.82) is 0 Å². The Balaban J connectivity index is 3.24. The lowest BCUT2D eigenvalue weighted by Crippen LogP contribution is -2.31. The Morgan fingerprint density at radius 3 is 2.75 bits per heavy atom. The molecule has 0 saturated heterocycles. The van der Waals surface area contributed by atoms with Gasteiger partial charge in [0.15, 0.2) is 0 Å². The van der Waals surface area contributed by atoms with Crippen molar-refractivity contribution in [2.45, 2.75) is 25.8 Å². The molecule has 12 heavy (non-hydrogen) atoms. The number of carbonyl (C=O) groups is 1. The van der Waals surface area contributed by atoms with Crippen molar-refractivity contribution in [2.24, 2.45) is 0 Å². The summed E-state index contributed by atoms with van der Waals surface area (Å²) >= 11 is 0. The molecule has 0 saturated carbocycles. The van der Waals surface area contributed by atoms with E-state index in [4.69, 9.17) is 5.11 Å². The summed E-state index contributed by atoms with van der Waals surface area (Å²) < 4.78 is 0. The highest BCUT2D eigenvalue weighted by Gasteiger charge is 2.01. The Labute approximate surface area is 73.3 Å². The van der Waals surface area contributed by atoms with Gasteiger partial charge >= 0.3 is 0 Å². The van der Waals surface area contributed by atoms with Gasteiger partial charge in [-0.3, -0.25) is 4.79 Å². The zero-order chi connectivity index (χ0) is 9.40. The summed E-state index contributed by atoms with van der Waals surface area (Å²) in [6.07, 6.45) is 1.22. The molecule has 72 valence electrons. The van der Waals surface area contributed by atoms with Crippen molar-refractivity contribution in [3.63, 3.8) is 0 Å². The van der Waals surface area contributed by atoms with Gasteiger partial charge in [-0.1, -0.05) is 0 Å². The highest BCUT2D eigenvalue weighted by molar-refractivity contribution is 5.75. The molecule has 0 aliphatic rings. The number of nitrogens with one attached hydrogen (secondary N) is 2. The average molecular weight is 174 g/mol. The highest BCUT2D eigenvalue weighted by Crippen LogP contribution is 1.88. The second-order valence-electron chi connectivity index (χ2n) is 2.79. The normalized spacial score (nSPS) is 12.6. The number of amides is 1. The van der Waals surface area contributed by atoms with E-state index in [1.165, 1.54) is 0 Å². The van der Waals surface area contributed by atoms with Crippen molar-refractivity contribution < 1.29 is 9.90 Å². The van der Waals surface area contributed by atoms with Gasteiger partial charge < -0.3 is 15.7 Å². The van der Waals surface area contributed by atoms with Gasteiger partial charge in [0.2, 0.25) is 5.91 Å². The molecule has 1 atom stereocenters. The molecule has 0 aromatic rings. The average Bonchev–Trinajstić information content (AvgIpc) is 2.04. The molecular weight excluding hydrogens is 156 g/mol. The summed E-state index contributed by atoms with van der Waals surface area (Å²) in [7, 11) is 1.62. The zero-order valence-corrected chi connectivity index (χ0v) is 7.76. The number of rotatable bonds is 6. The number of carbonyl (C=O) groups excluding carboxylic acids is 1. The fraction of sp³-hybridized carbons (Fsp3) is 0.875. The Kier molecular flexibility index (Phi) is 6.70. The van der Waals surface area contributed by atoms with E-state index in [1.54, 1.807) is 7.05 Å². The highest BCUT2D eigenvalue weighted by atomic mass is 16.3. The Morgan fingerprint density at radius 1 is 1.58 bits per heavy atom. The van der Waals surface area contributed by atoms with E-state index >= 15 is 0 Å². The molecule has 0 heterocycles. The number of hydrogen-bond donors (Lipinski definition) is 3. The first-order valence-electron chi connectivity index (χ1n) is 4.25. The van der Waals surface area contributed by atoms with Crippen LogP contribution in [0.2, 0.25) is 0 Å². The minimum absolute atomic E-state index is 0.0405. The maximum atomic E-state index is 10.8. The van der Waals surface area contributed by atoms with Crippen LogP contribution in [0.1, 0.15) is 19.8 Å². The number of aliphatic hydroxyl groups excluding tert-OH is 1. The van der Waals surface area contributed by atoms with E-state index in [2.05, 4.69) is 10.6 Å². The molecule has 0 bridgehead atoms. The molecule has 4 heteroatoms. The quantitative estimate of drug-likeness (QED) is 0.508. The monoisotopic (exact) mass is 174 g/mol. The van der Waals surface area contributed by atoms with E-state index in [9.17, 15) is 4.79 Å². The SMILES string of the molecule is CNC(=O)CCNC(C)CCO. The minimum atomic E-state index is 0.0405. The molecule has 0 aliphatic heterocycles. The molecule has 3 N–H and O–H groups in total. The summed E-state index contributed by atoms with van der Waals surface area (Å²) in [4.78, 5) is 10.8. The summed E-state index contributed by atoms with van der Waals surface area (Å²) in [5, 5.41) is 14.2. The standard InChI is InChI=1S/C8H18N2O2/c1-7(4-6-11)10-5-3-8(12)9-2/h7,10-11H,3-6H2,1-2H3,(H,9,12). The van der Waals surface area contributed by atoms with Crippen molar-refractivity contribution >= 4 is 5.91 Å². The van der Waals surface area contributed by atoms with E-state index in [-0.39, 0.29) is 18.6 Å². The third-order valence-electron chi connectivity index (χ3n) is 1.69. The smallest absolute Gasteiger partial charge is 0.221 e. The van der Waals surface area contributed by atoms with Gasteiger partial charge in [0.25, 0.3) is 0 Å². The third-order valence-corrected chi connectivity index (χ3v) is 1.69. The van der Waals surface area contributed by atoms with Crippen LogP contribution in [-0.2, 0) is 4.79 Å². The first-order valence-corrected chi connectivity index (χ1v) is 4.25. The van der Waals surface area contributed by atoms with E-state index in [0.29, 0.717) is 13.0 Å². The van der Waals surface area contributed by atoms with Gasteiger partial charge in [-0.2, -0.15) is 0 Å². The molecule has 1 amide bonds. The summed E-state index contributed by atoms with van der Waals surface area (Å²) in [5.41, 5.74) is 0. The van der Waals surface area contributed by atoms with E-state index in [1.807, 2.05) is 6.92 Å². The lowest BCUT2D eigenvalue weighted by Gasteiger charge is -2.11. The van der Waals surface area contributed by atoms with Crippen LogP contribution in [0.4, 0.5) is 0 Å². The maximum absolute atomic E-state index is 10.8. The number of aliphatic hydroxyl groups is 1. The molecule has 4 nitrogen and oxygen atoms in total. The van der Waals surface area contributed by atoms with Gasteiger partial charge in [-0.25, -0.2) is 0 Å². The van der Waals surface area contributed by atoms with Crippen molar-refractivity contribution in [3.05, 3.63) is 0 Å². The largest absolute Gasteiger partial charge is 0.396 e. The van der Waals surface area contributed by atoms with Gasteiger partial charge in [0, 0.05) is 32.7 Å². The third kappa shape index (κ3) is 6.12. The van der Waals surface area contributed by atoms with Gasteiger partial charge in [-0.05, 0) is 13.3 Å². The Bertz CT molecular complexity index is 128. The molecule has 0 spiro atoms. The van der Waals surface area contributed by atoms with Crippen LogP contribution in [0.25, 0.3) is 0 Å². The van der Waals surface area contributed by atoms with E-state index < -0.39 is 0 Å². The molecule has 0 aromatic heterocycles. The zero-order valence-electron chi connectivity index (χ0n) is 7.76. The molecule has 0 radical (unpaired) electrons. The second-order valence-corrected chi connectivity index (χ2v) is 2.79. The molecule has 1 unspecified atom stereocenters. The molecule has 0 fully saturated rings. The molecule has 0 aliphatic carbocycles. The topological polar surface area (TPSA) is 61.4 Å². The van der Waals surface area contributed by atoms with Crippen LogP contribution in [0.15, 0.2) is 0 Å². The van der Waals surface area contributed by atoms with Crippen LogP contribution in [0.5, 0.6) is 0 Å². The van der Waals surface area contributed by atoms with Gasteiger partial charge in [0.05, 0.1) is 0 Å².